The van der Waals surface area contributed by atoms with Crippen molar-refractivity contribution in [3.8, 4) is 0 Å². The van der Waals surface area contributed by atoms with Gasteiger partial charge >= 0.3 is 0 Å². The van der Waals surface area contributed by atoms with Gasteiger partial charge in [0.15, 0.2) is 0 Å². The first-order valence-corrected chi connectivity index (χ1v) is 9.52. The van der Waals surface area contributed by atoms with Gasteiger partial charge in [0.2, 0.25) is 15.9 Å². The van der Waals surface area contributed by atoms with Crippen LogP contribution in [0.4, 0.5) is 0 Å². The van der Waals surface area contributed by atoms with Crippen LogP contribution in [0.1, 0.15) is 44.9 Å². The second-order valence-electron chi connectivity index (χ2n) is 6.26. The Morgan fingerprint density at radius 2 is 1.70 bits per heavy atom. The number of carbonyl (C=O) groups excluding carboxylic acids is 1. The minimum absolute atomic E-state index is 0.169. The predicted octanol–water partition coefficient (Wildman–Crippen LogP) is 1.35. The molecule has 0 aromatic carbocycles. The largest absolute Gasteiger partial charge is 0.356 e. The normalized spacial score (nSPS) is 23.1. The summed E-state index contributed by atoms with van der Waals surface area (Å²) in [6, 6.07) is 0. The fraction of sp³-hybridized carbons (Fsp3) is 0.929. The minimum atomic E-state index is -3.05. The van der Waals surface area contributed by atoms with Crippen LogP contribution < -0.4 is 5.32 Å². The third-order valence-corrected chi connectivity index (χ3v) is 5.88. The lowest BCUT2D eigenvalue weighted by Crippen LogP contribution is -2.41. The van der Waals surface area contributed by atoms with Crippen LogP contribution in [0.5, 0.6) is 0 Å². The number of piperidine rings is 1. The first-order chi connectivity index (χ1) is 9.45. The zero-order valence-corrected chi connectivity index (χ0v) is 13.1. The molecule has 1 aliphatic heterocycles. The topological polar surface area (TPSA) is 66.5 Å². The first-order valence-electron chi connectivity index (χ1n) is 7.67. The van der Waals surface area contributed by atoms with Crippen molar-refractivity contribution in [2.75, 3.05) is 25.9 Å². The van der Waals surface area contributed by atoms with Crippen LogP contribution in [0, 0.1) is 11.8 Å². The number of nitrogens with one attached hydrogen (secondary N) is 1. The molecule has 20 heavy (non-hydrogen) atoms. The molecule has 2 aliphatic rings. The number of hydrogen-bond donors (Lipinski definition) is 1. The molecule has 0 spiro atoms. The van der Waals surface area contributed by atoms with Crippen molar-refractivity contribution >= 4 is 15.9 Å². The van der Waals surface area contributed by atoms with Crippen LogP contribution >= 0.6 is 0 Å². The summed E-state index contributed by atoms with van der Waals surface area (Å²) in [6.07, 6.45) is 8.54. The molecule has 0 aromatic rings. The molecular formula is C14H26N2O3S. The number of carbonyl (C=O) groups is 1. The molecule has 0 radical (unpaired) electrons. The van der Waals surface area contributed by atoms with Gasteiger partial charge in [-0.05, 0) is 37.5 Å². The summed E-state index contributed by atoms with van der Waals surface area (Å²) < 4.78 is 24.3. The molecule has 1 N–H and O–H groups in total. The Morgan fingerprint density at radius 1 is 1.10 bits per heavy atom. The second-order valence-corrected chi connectivity index (χ2v) is 8.25. The number of sulfonamides is 1. The molecule has 2 rings (SSSR count). The monoisotopic (exact) mass is 302 g/mol. The van der Waals surface area contributed by atoms with Crippen molar-refractivity contribution in [2.24, 2.45) is 11.8 Å². The zero-order chi connectivity index (χ0) is 14.6. The molecule has 1 heterocycles. The maximum absolute atomic E-state index is 11.8. The molecule has 1 saturated heterocycles. The van der Waals surface area contributed by atoms with Gasteiger partial charge in [0.1, 0.15) is 0 Å². The quantitative estimate of drug-likeness (QED) is 0.834. The van der Waals surface area contributed by atoms with E-state index in [-0.39, 0.29) is 5.91 Å². The fourth-order valence-corrected chi connectivity index (χ4v) is 4.13. The molecule has 0 unspecified atom stereocenters. The van der Waals surface area contributed by atoms with Crippen molar-refractivity contribution < 1.29 is 13.2 Å². The highest BCUT2D eigenvalue weighted by molar-refractivity contribution is 7.88. The smallest absolute Gasteiger partial charge is 0.220 e. The van der Waals surface area contributed by atoms with Gasteiger partial charge in [-0.15, -0.1) is 0 Å². The molecule has 0 atom stereocenters. The van der Waals surface area contributed by atoms with Crippen molar-refractivity contribution in [3.63, 3.8) is 0 Å². The van der Waals surface area contributed by atoms with E-state index >= 15 is 0 Å². The van der Waals surface area contributed by atoms with Crippen molar-refractivity contribution in [1.29, 1.82) is 0 Å². The molecule has 2 fully saturated rings. The van der Waals surface area contributed by atoms with Gasteiger partial charge in [-0.2, -0.15) is 0 Å². The molecule has 1 amide bonds. The number of amides is 1. The second kappa shape index (κ2) is 6.89. The number of hydrogen-bond acceptors (Lipinski definition) is 3. The molecular weight excluding hydrogens is 276 g/mol. The molecule has 0 aromatic heterocycles. The van der Waals surface area contributed by atoms with Gasteiger partial charge in [-0.3, -0.25) is 4.79 Å². The molecule has 116 valence electrons. The Balaban J connectivity index is 1.64. The summed E-state index contributed by atoms with van der Waals surface area (Å²) in [5.74, 6) is 1.17. The van der Waals surface area contributed by atoms with Crippen LogP contribution in [0.3, 0.4) is 0 Å². The van der Waals surface area contributed by atoms with Crippen LogP contribution in [0.15, 0.2) is 0 Å². The maximum atomic E-state index is 11.8. The van der Waals surface area contributed by atoms with E-state index in [0.29, 0.717) is 37.9 Å². The number of rotatable bonds is 5. The van der Waals surface area contributed by atoms with Gasteiger partial charge in [0.05, 0.1) is 6.26 Å². The summed E-state index contributed by atoms with van der Waals surface area (Å²) in [7, 11) is -3.05. The van der Waals surface area contributed by atoms with E-state index < -0.39 is 10.0 Å². The average Bonchev–Trinajstić information content (AvgIpc) is 2.88. The summed E-state index contributed by atoms with van der Waals surface area (Å²) in [6.45, 7) is 1.87. The third kappa shape index (κ3) is 4.74. The van der Waals surface area contributed by atoms with E-state index in [0.717, 1.165) is 12.8 Å². The Kier molecular flexibility index (Phi) is 5.43. The highest BCUT2D eigenvalue weighted by Gasteiger charge is 2.25. The van der Waals surface area contributed by atoms with E-state index in [9.17, 15) is 13.2 Å². The van der Waals surface area contributed by atoms with E-state index in [1.54, 1.807) is 0 Å². The minimum Gasteiger partial charge on any atom is -0.356 e. The van der Waals surface area contributed by atoms with E-state index in [2.05, 4.69) is 5.32 Å². The molecule has 5 nitrogen and oxygen atoms in total. The Labute approximate surface area is 122 Å². The van der Waals surface area contributed by atoms with Gasteiger partial charge < -0.3 is 5.32 Å². The van der Waals surface area contributed by atoms with Crippen LogP contribution in [0.25, 0.3) is 0 Å². The third-order valence-electron chi connectivity index (χ3n) is 4.58. The molecule has 6 heteroatoms. The maximum Gasteiger partial charge on any atom is 0.220 e. The van der Waals surface area contributed by atoms with Crippen LogP contribution in [-0.2, 0) is 14.8 Å². The van der Waals surface area contributed by atoms with Gasteiger partial charge in [0, 0.05) is 26.1 Å². The predicted molar refractivity (Wildman–Crippen MR) is 78.7 cm³/mol. The highest BCUT2D eigenvalue weighted by atomic mass is 32.2. The summed E-state index contributed by atoms with van der Waals surface area (Å²) in [5.41, 5.74) is 0. The van der Waals surface area contributed by atoms with E-state index in [1.165, 1.54) is 36.2 Å². The lowest BCUT2D eigenvalue weighted by Gasteiger charge is -2.30. The Bertz CT molecular complexity index is 422. The highest BCUT2D eigenvalue weighted by Crippen LogP contribution is 2.27. The number of nitrogens with zero attached hydrogens (tertiary/aromatic N) is 1. The lowest BCUT2D eigenvalue weighted by molar-refractivity contribution is -0.122. The SMILES string of the molecule is CS(=O)(=O)N1CCC(CNC(=O)CC2CCCC2)CC1. The van der Waals surface area contributed by atoms with Gasteiger partial charge in [-0.25, -0.2) is 12.7 Å². The first kappa shape index (κ1) is 15.8. The molecule has 1 aliphatic carbocycles. The van der Waals surface area contributed by atoms with Crippen molar-refractivity contribution in [1.82, 2.24) is 9.62 Å². The lowest BCUT2D eigenvalue weighted by atomic mass is 9.97. The van der Waals surface area contributed by atoms with Gasteiger partial charge in [0.25, 0.3) is 0 Å². The van der Waals surface area contributed by atoms with Gasteiger partial charge in [-0.1, -0.05) is 12.8 Å². The van der Waals surface area contributed by atoms with Crippen molar-refractivity contribution in [2.45, 2.75) is 44.9 Å². The van der Waals surface area contributed by atoms with Crippen LogP contribution in [0.2, 0.25) is 0 Å². The summed E-state index contributed by atoms with van der Waals surface area (Å²) in [4.78, 5) is 11.8. The molecule has 0 bridgehead atoms. The average molecular weight is 302 g/mol. The van der Waals surface area contributed by atoms with Crippen molar-refractivity contribution in [3.05, 3.63) is 0 Å². The molecule has 1 saturated carbocycles. The van der Waals surface area contributed by atoms with E-state index in [1.807, 2.05) is 0 Å². The fourth-order valence-electron chi connectivity index (χ4n) is 3.25. The van der Waals surface area contributed by atoms with Crippen LogP contribution in [-0.4, -0.2) is 44.5 Å². The Hall–Kier alpha value is -0.620. The summed E-state index contributed by atoms with van der Waals surface area (Å²) >= 11 is 0. The standard InChI is InChI=1S/C14H26N2O3S/c1-20(18,19)16-8-6-13(7-9-16)11-15-14(17)10-12-4-2-3-5-12/h12-13H,2-11H2,1H3,(H,15,17). The zero-order valence-electron chi connectivity index (χ0n) is 12.3. The van der Waals surface area contributed by atoms with E-state index in [4.69, 9.17) is 0 Å². The summed E-state index contributed by atoms with van der Waals surface area (Å²) in [5, 5.41) is 3.03. The Morgan fingerprint density at radius 3 is 2.25 bits per heavy atom.